The molecular weight excluding hydrogens is 483 g/mol. The summed E-state index contributed by atoms with van der Waals surface area (Å²) in [5.41, 5.74) is 1.39. The highest BCUT2D eigenvalue weighted by Gasteiger charge is 2.49. The number of β-lactam (4-membered cyclic amide) rings is 1. The van der Waals surface area contributed by atoms with E-state index in [1.54, 1.807) is 29.2 Å². The van der Waals surface area contributed by atoms with E-state index in [0.29, 0.717) is 28.5 Å². The van der Waals surface area contributed by atoms with Crippen molar-refractivity contribution >= 4 is 17.5 Å². The van der Waals surface area contributed by atoms with Crippen LogP contribution in [0.4, 0.5) is 10.1 Å². The van der Waals surface area contributed by atoms with E-state index < -0.39 is 23.7 Å². The zero-order valence-corrected chi connectivity index (χ0v) is 20.8. The fraction of sp³-hybridized carbons (Fsp3) is 0.259. The molecule has 2 atom stereocenters. The molecule has 0 bridgehead atoms. The molecule has 0 spiro atoms. The number of ether oxygens (including phenoxy) is 4. The lowest BCUT2D eigenvalue weighted by Gasteiger charge is -2.47. The zero-order chi connectivity index (χ0) is 26.7. The summed E-state index contributed by atoms with van der Waals surface area (Å²) in [6.45, 7) is 0.0213. The standard InChI is InChI=1S/C27H27FN2O7/c1-34-21-10-7-16(11-20(21)31)24-19(14-29-26(32)15-5-8-17(28)9-6-15)27(33)30(24)18-12-22(35-2)25(37-4)23(13-18)36-3/h5-13,19,24,31H,14H2,1-4H3,(H,29,32)/t19-,24-/m0/s1. The number of hydrogen-bond donors (Lipinski definition) is 2. The summed E-state index contributed by atoms with van der Waals surface area (Å²) in [6.07, 6.45) is 0. The number of aromatic hydroxyl groups is 1. The maximum Gasteiger partial charge on any atom is 0.251 e. The van der Waals surface area contributed by atoms with Gasteiger partial charge in [-0.15, -0.1) is 0 Å². The molecule has 9 nitrogen and oxygen atoms in total. The second-order valence-electron chi connectivity index (χ2n) is 8.29. The van der Waals surface area contributed by atoms with E-state index in [4.69, 9.17) is 18.9 Å². The lowest BCUT2D eigenvalue weighted by molar-refractivity contribution is -0.130. The van der Waals surface area contributed by atoms with E-state index >= 15 is 0 Å². The molecule has 3 aromatic carbocycles. The van der Waals surface area contributed by atoms with Gasteiger partial charge >= 0.3 is 0 Å². The number of amides is 2. The van der Waals surface area contributed by atoms with Gasteiger partial charge in [-0.3, -0.25) is 9.59 Å². The number of nitrogens with zero attached hydrogens (tertiary/aromatic N) is 1. The second-order valence-corrected chi connectivity index (χ2v) is 8.29. The number of carbonyl (C=O) groups excluding carboxylic acids is 2. The van der Waals surface area contributed by atoms with Gasteiger partial charge in [-0.25, -0.2) is 4.39 Å². The van der Waals surface area contributed by atoms with Crippen molar-refractivity contribution in [2.24, 2.45) is 5.92 Å². The first-order valence-electron chi connectivity index (χ1n) is 11.4. The van der Waals surface area contributed by atoms with Gasteiger partial charge in [0.15, 0.2) is 23.0 Å². The Morgan fingerprint density at radius 1 is 0.919 bits per heavy atom. The largest absolute Gasteiger partial charge is 0.504 e. The Bertz CT molecular complexity index is 1290. The molecule has 0 aliphatic carbocycles. The summed E-state index contributed by atoms with van der Waals surface area (Å²) in [5.74, 6) is -0.466. The topological polar surface area (TPSA) is 107 Å². The molecule has 194 valence electrons. The molecule has 3 aromatic rings. The fourth-order valence-corrected chi connectivity index (χ4v) is 4.42. The third-order valence-electron chi connectivity index (χ3n) is 6.27. The van der Waals surface area contributed by atoms with Crippen LogP contribution in [0.2, 0.25) is 0 Å². The zero-order valence-electron chi connectivity index (χ0n) is 20.8. The molecule has 0 aromatic heterocycles. The molecule has 0 saturated carbocycles. The number of carbonyl (C=O) groups is 2. The minimum atomic E-state index is -0.642. The Balaban J connectivity index is 1.68. The van der Waals surface area contributed by atoms with Crippen LogP contribution in [0, 0.1) is 11.7 Å². The number of anilines is 1. The van der Waals surface area contributed by atoms with E-state index in [-0.39, 0.29) is 29.5 Å². The van der Waals surface area contributed by atoms with Gasteiger partial charge in [0.1, 0.15) is 5.82 Å². The van der Waals surface area contributed by atoms with Gasteiger partial charge < -0.3 is 34.3 Å². The number of phenols is 1. The molecule has 0 unspecified atom stereocenters. The molecule has 1 aliphatic rings. The van der Waals surface area contributed by atoms with E-state index in [2.05, 4.69) is 5.32 Å². The van der Waals surface area contributed by atoms with E-state index in [0.717, 1.165) is 0 Å². The van der Waals surface area contributed by atoms with Crippen molar-refractivity contribution in [2.45, 2.75) is 6.04 Å². The van der Waals surface area contributed by atoms with Crippen molar-refractivity contribution < 1.29 is 38.0 Å². The first-order chi connectivity index (χ1) is 17.8. The number of phenolic OH excluding ortho intramolecular Hbond substituents is 1. The monoisotopic (exact) mass is 510 g/mol. The van der Waals surface area contributed by atoms with Crippen LogP contribution >= 0.6 is 0 Å². The third-order valence-corrected chi connectivity index (χ3v) is 6.27. The van der Waals surface area contributed by atoms with E-state index in [1.165, 1.54) is 58.8 Å². The molecule has 1 saturated heterocycles. The smallest absolute Gasteiger partial charge is 0.251 e. The fourth-order valence-electron chi connectivity index (χ4n) is 4.42. The van der Waals surface area contributed by atoms with Gasteiger partial charge in [-0.2, -0.15) is 0 Å². The van der Waals surface area contributed by atoms with Crippen molar-refractivity contribution in [2.75, 3.05) is 39.9 Å². The van der Waals surface area contributed by atoms with Crippen LogP contribution in [0.3, 0.4) is 0 Å². The van der Waals surface area contributed by atoms with Gasteiger partial charge in [0.25, 0.3) is 5.91 Å². The van der Waals surface area contributed by atoms with Crippen LogP contribution in [0.25, 0.3) is 0 Å². The molecular formula is C27H27FN2O7. The average Bonchev–Trinajstić information content (AvgIpc) is 2.91. The maximum atomic E-state index is 13.4. The van der Waals surface area contributed by atoms with Crippen molar-refractivity contribution in [3.8, 4) is 28.7 Å². The van der Waals surface area contributed by atoms with Crippen molar-refractivity contribution in [1.82, 2.24) is 5.32 Å². The van der Waals surface area contributed by atoms with Crippen molar-refractivity contribution in [3.05, 3.63) is 71.5 Å². The van der Waals surface area contributed by atoms with Crippen LogP contribution in [0.1, 0.15) is 22.0 Å². The van der Waals surface area contributed by atoms with Crippen LogP contribution in [0.15, 0.2) is 54.6 Å². The molecule has 4 rings (SSSR count). The summed E-state index contributed by atoms with van der Waals surface area (Å²) in [5, 5.41) is 13.2. The lowest BCUT2D eigenvalue weighted by atomic mass is 9.81. The van der Waals surface area contributed by atoms with Gasteiger partial charge in [-0.1, -0.05) is 6.07 Å². The first kappa shape index (κ1) is 25.6. The SMILES string of the molecule is COc1ccc([C@H]2[C@H](CNC(=O)c3ccc(F)cc3)C(=O)N2c2cc(OC)c(OC)c(OC)c2)cc1O. The Kier molecular flexibility index (Phi) is 7.37. The first-order valence-corrected chi connectivity index (χ1v) is 11.4. The highest BCUT2D eigenvalue weighted by atomic mass is 19.1. The normalized spacial score (nSPS) is 16.6. The Hall–Kier alpha value is -4.47. The quantitative estimate of drug-likeness (QED) is 0.423. The third kappa shape index (κ3) is 4.82. The van der Waals surface area contributed by atoms with Gasteiger partial charge in [0.2, 0.25) is 11.7 Å². The maximum absolute atomic E-state index is 13.4. The number of rotatable bonds is 9. The van der Waals surface area contributed by atoms with E-state index in [9.17, 15) is 19.1 Å². The molecule has 1 aliphatic heterocycles. The molecule has 1 fully saturated rings. The Morgan fingerprint density at radius 2 is 1.54 bits per heavy atom. The highest BCUT2D eigenvalue weighted by molar-refractivity contribution is 6.04. The molecule has 2 amide bonds. The number of hydrogen-bond acceptors (Lipinski definition) is 7. The van der Waals surface area contributed by atoms with Crippen molar-refractivity contribution in [1.29, 1.82) is 0 Å². The predicted octanol–water partition coefficient (Wildman–Crippen LogP) is 3.70. The molecule has 10 heteroatoms. The number of methoxy groups -OCH3 is 4. The van der Waals surface area contributed by atoms with Crippen LogP contribution < -0.4 is 29.2 Å². The summed E-state index contributed by atoms with van der Waals surface area (Å²) in [6, 6.07) is 12.8. The summed E-state index contributed by atoms with van der Waals surface area (Å²) in [7, 11) is 5.88. The Morgan fingerprint density at radius 3 is 2.08 bits per heavy atom. The number of nitrogens with one attached hydrogen (secondary N) is 1. The molecule has 37 heavy (non-hydrogen) atoms. The summed E-state index contributed by atoms with van der Waals surface area (Å²) in [4.78, 5) is 27.6. The second kappa shape index (κ2) is 10.7. The lowest BCUT2D eigenvalue weighted by Crippen LogP contribution is -2.58. The summed E-state index contributed by atoms with van der Waals surface area (Å²) < 4.78 is 34.7. The highest BCUT2D eigenvalue weighted by Crippen LogP contribution is 2.49. The minimum Gasteiger partial charge on any atom is -0.504 e. The summed E-state index contributed by atoms with van der Waals surface area (Å²) >= 11 is 0. The van der Waals surface area contributed by atoms with Gasteiger partial charge in [0.05, 0.1) is 46.1 Å². The van der Waals surface area contributed by atoms with Crippen molar-refractivity contribution in [3.63, 3.8) is 0 Å². The molecule has 1 heterocycles. The van der Waals surface area contributed by atoms with Crippen LogP contribution in [-0.2, 0) is 4.79 Å². The van der Waals surface area contributed by atoms with E-state index in [1.807, 2.05) is 0 Å². The Labute approximate surface area is 213 Å². The van der Waals surface area contributed by atoms with Crippen LogP contribution in [0.5, 0.6) is 28.7 Å². The number of halogens is 1. The molecule has 2 N–H and O–H groups in total. The minimum absolute atomic E-state index is 0.0213. The average molecular weight is 511 g/mol. The predicted molar refractivity (Wildman–Crippen MR) is 133 cm³/mol. The molecule has 0 radical (unpaired) electrons. The number of benzene rings is 3. The van der Waals surface area contributed by atoms with Gasteiger partial charge in [0, 0.05) is 24.2 Å². The van der Waals surface area contributed by atoms with Crippen LogP contribution in [-0.4, -0.2) is 51.9 Å². The van der Waals surface area contributed by atoms with Gasteiger partial charge in [-0.05, 0) is 42.0 Å².